The van der Waals surface area contributed by atoms with Gasteiger partial charge in [-0.2, -0.15) is 0 Å². The van der Waals surface area contributed by atoms with Gasteiger partial charge in [0.25, 0.3) is 0 Å². The summed E-state index contributed by atoms with van der Waals surface area (Å²) in [4.78, 5) is 19.2. The smallest absolute Gasteiger partial charge is 0.222 e. The van der Waals surface area contributed by atoms with Crippen LogP contribution in [-0.2, 0) is 11.2 Å². The van der Waals surface area contributed by atoms with Gasteiger partial charge in [0.05, 0.1) is 15.2 Å². The normalized spacial score (nSPS) is 17.2. The van der Waals surface area contributed by atoms with Crippen LogP contribution in [0.4, 0.5) is 0 Å². The van der Waals surface area contributed by atoms with Gasteiger partial charge in [-0.25, -0.2) is 4.98 Å². The Morgan fingerprint density at radius 2 is 1.86 bits per heavy atom. The number of carbonyl (C=O) groups is 1. The molecule has 1 aromatic heterocycles. The molecular weight excluding hydrogens is 413 g/mol. The highest BCUT2D eigenvalue weighted by molar-refractivity contribution is 7.18. The van der Waals surface area contributed by atoms with Crippen molar-refractivity contribution in [2.75, 3.05) is 19.6 Å². The molecule has 1 saturated heterocycles. The van der Waals surface area contributed by atoms with E-state index in [0.717, 1.165) is 56.6 Å². The number of amides is 1. The summed E-state index contributed by atoms with van der Waals surface area (Å²) in [6.45, 7) is 3.04. The van der Waals surface area contributed by atoms with Crippen LogP contribution in [0.15, 0.2) is 24.3 Å². The second-order valence-corrected chi connectivity index (χ2v) is 8.90. The van der Waals surface area contributed by atoms with Crippen molar-refractivity contribution < 1.29 is 4.79 Å². The first kappa shape index (κ1) is 23.4. The van der Waals surface area contributed by atoms with Crippen molar-refractivity contribution in [3.05, 3.63) is 29.3 Å². The van der Waals surface area contributed by atoms with E-state index in [1.54, 1.807) is 11.3 Å². The number of halogens is 2. The monoisotopic (exact) mass is 443 g/mol. The third-order valence-electron chi connectivity index (χ3n) is 5.61. The van der Waals surface area contributed by atoms with E-state index < -0.39 is 0 Å². The summed E-state index contributed by atoms with van der Waals surface area (Å²) >= 11 is 1.78. The lowest BCUT2D eigenvalue weighted by molar-refractivity contribution is -0.132. The van der Waals surface area contributed by atoms with Crippen LogP contribution in [0.2, 0.25) is 0 Å². The number of thiazole rings is 1. The zero-order valence-corrected chi connectivity index (χ0v) is 18.7. The number of aryl methyl sites for hydroxylation is 1. The van der Waals surface area contributed by atoms with E-state index in [1.807, 2.05) is 6.07 Å². The molecule has 1 saturated carbocycles. The van der Waals surface area contributed by atoms with E-state index in [9.17, 15) is 4.79 Å². The summed E-state index contributed by atoms with van der Waals surface area (Å²) in [6, 6.07) is 8.92. The molecule has 7 heteroatoms. The van der Waals surface area contributed by atoms with Gasteiger partial charge in [-0.05, 0) is 69.5 Å². The molecule has 1 aliphatic heterocycles. The maximum atomic E-state index is 12.4. The summed E-state index contributed by atoms with van der Waals surface area (Å²) in [5.74, 6) is 1.28. The van der Waals surface area contributed by atoms with Gasteiger partial charge in [-0.1, -0.05) is 12.1 Å². The van der Waals surface area contributed by atoms with Crippen LogP contribution in [0.25, 0.3) is 10.2 Å². The van der Waals surface area contributed by atoms with E-state index in [-0.39, 0.29) is 24.8 Å². The maximum Gasteiger partial charge on any atom is 0.222 e. The molecule has 1 amide bonds. The highest BCUT2D eigenvalue weighted by Crippen LogP contribution is 2.28. The maximum absolute atomic E-state index is 12.4. The van der Waals surface area contributed by atoms with Crippen LogP contribution in [-0.4, -0.2) is 41.5 Å². The fourth-order valence-electron chi connectivity index (χ4n) is 3.73. The fraction of sp³-hybridized carbons (Fsp3) is 0.619. The van der Waals surface area contributed by atoms with Crippen LogP contribution in [0.3, 0.4) is 0 Å². The van der Waals surface area contributed by atoms with E-state index >= 15 is 0 Å². The predicted octanol–water partition coefficient (Wildman–Crippen LogP) is 4.84. The van der Waals surface area contributed by atoms with Gasteiger partial charge < -0.3 is 10.2 Å². The van der Waals surface area contributed by atoms with Crippen LogP contribution >= 0.6 is 36.2 Å². The van der Waals surface area contributed by atoms with Gasteiger partial charge in [-0.15, -0.1) is 36.2 Å². The highest BCUT2D eigenvalue weighted by atomic mass is 35.5. The average molecular weight is 444 g/mol. The van der Waals surface area contributed by atoms with Crippen LogP contribution in [0, 0.1) is 5.92 Å². The quantitative estimate of drug-likeness (QED) is 0.593. The SMILES string of the molecule is Cl.Cl.O=C(CCCCc1nc2ccccc2s1)N1CCC(NCC2CC2)CC1. The van der Waals surface area contributed by atoms with Crippen molar-refractivity contribution in [3.8, 4) is 0 Å². The van der Waals surface area contributed by atoms with Crippen molar-refractivity contribution in [2.24, 2.45) is 5.92 Å². The zero-order chi connectivity index (χ0) is 17.8. The Bertz CT molecular complexity index is 709. The molecule has 1 aromatic carbocycles. The van der Waals surface area contributed by atoms with E-state index in [2.05, 4.69) is 33.4 Å². The first-order chi connectivity index (χ1) is 12.8. The molecule has 0 atom stereocenters. The predicted molar refractivity (Wildman–Crippen MR) is 122 cm³/mol. The number of nitrogens with one attached hydrogen (secondary N) is 1. The van der Waals surface area contributed by atoms with E-state index in [1.165, 1.54) is 29.1 Å². The minimum absolute atomic E-state index is 0. The van der Waals surface area contributed by atoms with Crippen molar-refractivity contribution >= 4 is 52.3 Å². The molecule has 1 N–H and O–H groups in total. The Labute approximate surface area is 184 Å². The number of piperidine rings is 1. The number of fused-ring (bicyclic) bond motifs is 1. The molecule has 2 aromatic rings. The molecule has 4 nitrogen and oxygen atoms in total. The Morgan fingerprint density at radius 3 is 2.57 bits per heavy atom. The molecule has 0 spiro atoms. The summed E-state index contributed by atoms with van der Waals surface area (Å²) in [6.07, 6.45) is 8.72. The van der Waals surface area contributed by atoms with Gasteiger partial charge in [0.2, 0.25) is 5.91 Å². The third-order valence-corrected chi connectivity index (χ3v) is 6.71. The number of aromatic nitrogens is 1. The molecule has 2 fully saturated rings. The number of para-hydroxylation sites is 1. The second kappa shape index (κ2) is 11.3. The molecule has 0 radical (unpaired) electrons. The Hall–Kier alpha value is -0.880. The van der Waals surface area contributed by atoms with E-state index in [4.69, 9.17) is 0 Å². The number of unbranched alkanes of at least 4 members (excludes halogenated alkanes) is 1. The molecule has 28 heavy (non-hydrogen) atoms. The van der Waals surface area contributed by atoms with Crippen molar-refractivity contribution in [1.82, 2.24) is 15.2 Å². The van der Waals surface area contributed by atoms with Crippen LogP contribution in [0.5, 0.6) is 0 Å². The summed E-state index contributed by atoms with van der Waals surface area (Å²) < 4.78 is 1.26. The summed E-state index contributed by atoms with van der Waals surface area (Å²) in [7, 11) is 0. The second-order valence-electron chi connectivity index (χ2n) is 7.79. The lowest BCUT2D eigenvalue weighted by Gasteiger charge is -2.32. The molecule has 156 valence electrons. The molecule has 4 rings (SSSR count). The summed E-state index contributed by atoms with van der Waals surface area (Å²) in [5.41, 5.74) is 1.10. The van der Waals surface area contributed by atoms with Crippen molar-refractivity contribution in [1.29, 1.82) is 0 Å². The van der Waals surface area contributed by atoms with Gasteiger partial charge in [0.1, 0.15) is 0 Å². The number of hydrogen-bond donors (Lipinski definition) is 1. The van der Waals surface area contributed by atoms with Gasteiger partial charge in [0.15, 0.2) is 0 Å². The minimum Gasteiger partial charge on any atom is -0.343 e. The number of hydrogen-bond acceptors (Lipinski definition) is 4. The third kappa shape index (κ3) is 6.58. The van der Waals surface area contributed by atoms with Crippen LogP contribution in [0.1, 0.15) is 50.0 Å². The summed E-state index contributed by atoms with van der Waals surface area (Å²) in [5, 5.41) is 4.88. The molecule has 2 heterocycles. The first-order valence-electron chi connectivity index (χ1n) is 10.1. The highest BCUT2D eigenvalue weighted by Gasteiger charge is 2.25. The lowest BCUT2D eigenvalue weighted by atomic mass is 10.0. The standard InChI is InChI=1S/C21H29N3OS.2ClH/c25-21(24-13-11-17(12-14-24)22-15-16-9-10-16)8-4-3-7-20-23-18-5-1-2-6-19(18)26-20;;/h1-2,5-6,16-17,22H,3-4,7-15H2;2*1H. The van der Waals surface area contributed by atoms with Crippen molar-refractivity contribution in [3.63, 3.8) is 0 Å². The van der Waals surface area contributed by atoms with Gasteiger partial charge in [0, 0.05) is 25.6 Å². The molecular formula is C21H31Cl2N3OS. The number of likely N-dealkylation sites (tertiary alicyclic amines) is 1. The molecule has 1 aliphatic carbocycles. The van der Waals surface area contributed by atoms with E-state index in [0.29, 0.717) is 18.4 Å². The minimum atomic E-state index is 0. The zero-order valence-electron chi connectivity index (χ0n) is 16.3. The molecule has 0 unspecified atom stereocenters. The number of rotatable bonds is 8. The fourth-order valence-corrected chi connectivity index (χ4v) is 4.73. The average Bonchev–Trinajstić information content (AvgIpc) is 3.41. The number of carbonyl (C=O) groups excluding carboxylic acids is 1. The first-order valence-corrected chi connectivity index (χ1v) is 11.0. The Morgan fingerprint density at radius 1 is 1.11 bits per heavy atom. The molecule has 2 aliphatic rings. The van der Waals surface area contributed by atoms with Gasteiger partial charge >= 0.3 is 0 Å². The van der Waals surface area contributed by atoms with Crippen molar-refractivity contribution in [2.45, 2.75) is 57.4 Å². The Kier molecular flexibility index (Phi) is 9.48. The molecule has 0 bridgehead atoms. The number of benzene rings is 1. The van der Waals surface area contributed by atoms with Crippen LogP contribution < -0.4 is 5.32 Å². The Balaban J connectivity index is 0.00000140. The number of nitrogens with zero attached hydrogens (tertiary/aromatic N) is 2. The largest absolute Gasteiger partial charge is 0.343 e. The topological polar surface area (TPSA) is 45.2 Å². The van der Waals surface area contributed by atoms with Gasteiger partial charge in [-0.3, -0.25) is 4.79 Å². The lowest BCUT2D eigenvalue weighted by Crippen LogP contribution is -2.45.